The number of anilines is 1. The summed E-state index contributed by atoms with van der Waals surface area (Å²) < 4.78 is 32.6. The van der Waals surface area contributed by atoms with Gasteiger partial charge in [0.2, 0.25) is 15.9 Å². The van der Waals surface area contributed by atoms with E-state index in [0.717, 1.165) is 45.9 Å². The van der Waals surface area contributed by atoms with Crippen LogP contribution in [0.3, 0.4) is 0 Å². The molecule has 0 aliphatic heterocycles. The van der Waals surface area contributed by atoms with Crippen LogP contribution in [0.1, 0.15) is 50.0 Å². The van der Waals surface area contributed by atoms with E-state index in [9.17, 15) is 18.0 Å². The lowest BCUT2D eigenvalue weighted by Crippen LogP contribution is -2.35. The van der Waals surface area contributed by atoms with E-state index in [2.05, 4.69) is 15.3 Å². The maximum absolute atomic E-state index is 13.5. The van der Waals surface area contributed by atoms with Crippen LogP contribution in [-0.4, -0.2) is 66.5 Å². The summed E-state index contributed by atoms with van der Waals surface area (Å²) >= 11 is 1.31. The first-order valence-electron chi connectivity index (χ1n) is 12.6. The molecule has 1 aromatic carbocycles. The highest BCUT2D eigenvalue weighted by Gasteiger charge is 2.29. The summed E-state index contributed by atoms with van der Waals surface area (Å²) in [5, 5.41) is 12.5. The van der Waals surface area contributed by atoms with Gasteiger partial charge in [-0.15, -0.1) is 0 Å². The van der Waals surface area contributed by atoms with Crippen LogP contribution in [0, 0.1) is 5.92 Å². The summed E-state index contributed by atoms with van der Waals surface area (Å²) in [5.74, 6) is -1.31. The van der Waals surface area contributed by atoms with Gasteiger partial charge in [0.25, 0.3) is 0 Å². The van der Waals surface area contributed by atoms with Gasteiger partial charge in [-0.3, -0.25) is 9.59 Å². The molecule has 2 N–H and O–H groups in total. The fraction of sp³-hybridized carbons (Fsp3) is 0.462. The van der Waals surface area contributed by atoms with Crippen LogP contribution >= 0.6 is 11.3 Å². The Kier molecular flexibility index (Phi) is 9.42. The predicted molar refractivity (Wildman–Crippen MR) is 145 cm³/mol. The summed E-state index contributed by atoms with van der Waals surface area (Å²) in [7, 11) is -2.49. The minimum Gasteiger partial charge on any atom is -0.481 e. The minimum absolute atomic E-state index is 0.0393. The van der Waals surface area contributed by atoms with Crippen molar-refractivity contribution < 1.29 is 27.9 Å². The van der Waals surface area contributed by atoms with Crippen molar-refractivity contribution in [3.8, 4) is 0 Å². The number of carboxylic acids is 1. The number of nitrogens with one attached hydrogen (secondary N) is 1. The number of carboxylic acid groups (broad SMARTS) is 1. The molecule has 3 aromatic rings. The number of pyridine rings is 1. The summed E-state index contributed by atoms with van der Waals surface area (Å²) in [4.78, 5) is 34.1. The van der Waals surface area contributed by atoms with Crippen LogP contribution in [0.5, 0.6) is 0 Å². The molecule has 10 nitrogen and oxygen atoms in total. The number of nitrogens with zero attached hydrogens (tertiary/aromatic N) is 3. The average Bonchev–Trinajstić information content (AvgIpc) is 3.56. The predicted octanol–water partition coefficient (Wildman–Crippen LogP) is 4.11. The highest BCUT2D eigenvalue weighted by molar-refractivity contribution is 7.89. The molecule has 1 fully saturated rings. The third-order valence-electron chi connectivity index (χ3n) is 6.80. The molecule has 1 saturated carbocycles. The Labute approximate surface area is 226 Å². The van der Waals surface area contributed by atoms with Crippen molar-refractivity contribution in [2.75, 3.05) is 32.1 Å². The maximum Gasteiger partial charge on any atom is 0.304 e. The second kappa shape index (κ2) is 12.7. The molecule has 2 heterocycles. The Morgan fingerprint density at radius 1 is 1.18 bits per heavy atom. The normalized spacial score (nSPS) is 15.2. The van der Waals surface area contributed by atoms with Gasteiger partial charge in [0.1, 0.15) is 10.3 Å². The summed E-state index contributed by atoms with van der Waals surface area (Å²) in [6, 6.07) is 9.97. The van der Waals surface area contributed by atoms with Crippen LogP contribution in [0.25, 0.3) is 10.3 Å². The van der Waals surface area contributed by atoms with E-state index in [0.29, 0.717) is 17.5 Å². The zero-order chi connectivity index (χ0) is 27.1. The molecule has 38 heavy (non-hydrogen) atoms. The Morgan fingerprint density at radius 3 is 2.58 bits per heavy atom. The van der Waals surface area contributed by atoms with Gasteiger partial charge in [-0.2, -0.15) is 4.31 Å². The van der Waals surface area contributed by atoms with Gasteiger partial charge >= 0.3 is 5.97 Å². The van der Waals surface area contributed by atoms with E-state index in [1.807, 2.05) is 6.07 Å². The number of fused-ring (bicyclic) bond motifs is 1. The van der Waals surface area contributed by atoms with Crippen LogP contribution in [0.15, 0.2) is 47.5 Å². The standard InChI is InChI=1S/C26H32N4O6S2/c1-36-16-15-30(14-12-23(31)32)38(34,35)20-10-8-19(9-11-20)21(17-18-5-2-3-6-18)24(33)29-26-28-22-7-4-13-27-25(22)37-26/h4,7-11,13,18,21H,2-3,5-6,12,14-17H2,1H3,(H,31,32)(H,28,29,33). The fourth-order valence-electron chi connectivity index (χ4n) is 4.78. The van der Waals surface area contributed by atoms with E-state index in [4.69, 9.17) is 9.84 Å². The van der Waals surface area contributed by atoms with Gasteiger partial charge in [-0.05, 0) is 42.2 Å². The third-order valence-corrected chi connectivity index (χ3v) is 9.60. The van der Waals surface area contributed by atoms with E-state index in [-0.39, 0.29) is 36.9 Å². The van der Waals surface area contributed by atoms with Crippen molar-refractivity contribution in [2.24, 2.45) is 5.92 Å². The lowest BCUT2D eigenvalue weighted by atomic mass is 9.87. The van der Waals surface area contributed by atoms with Gasteiger partial charge in [0.05, 0.1) is 23.8 Å². The van der Waals surface area contributed by atoms with Crippen LogP contribution in [-0.2, 0) is 24.3 Å². The maximum atomic E-state index is 13.5. The summed E-state index contributed by atoms with van der Waals surface area (Å²) in [5.41, 5.74) is 1.44. The quantitative estimate of drug-likeness (QED) is 0.319. The van der Waals surface area contributed by atoms with E-state index >= 15 is 0 Å². The highest BCUT2D eigenvalue weighted by atomic mass is 32.2. The molecule has 1 atom stereocenters. The molecule has 12 heteroatoms. The topological polar surface area (TPSA) is 139 Å². The SMILES string of the molecule is COCCN(CCC(=O)O)S(=O)(=O)c1ccc(C(CC2CCCC2)C(=O)Nc2nc3cccnc3s2)cc1. The van der Waals surface area contributed by atoms with Crippen molar-refractivity contribution in [3.05, 3.63) is 48.2 Å². The number of carbonyl (C=O) groups excluding carboxylic acids is 1. The zero-order valence-corrected chi connectivity index (χ0v) is 22.8. The Hall–Kier alpha value is -2.93. The van der Waals surface area contributed by atoms with Crippen LogP contribution in [0.2, 0.25) is 0 Å². The van der Waals surface area contributed by atoms with Crippen molar-refractivity contribution in [2.45, 2.75) is 49.3 Å². The number of methoxy groups -OCH3 is 1. The first kappa shape index (κ1) is 28.1. The van der Waals surface area contributed by atoms with Crippen LogP contribution in [0.4, 0.5) is 5.13 Å². The summed E-state index contributed by atoms with van der Waals surface area (Å²) in [6.45, 7) is 0.0198. The molecule has 1 aliphatic rings. The van der Waals surface area contributed by atoms with Gasteiger partial charge in [-0.25, -0.2) is 18.4 Å². The number of aliphatic carboxylic acids is 1. The number of sulfonamides is 1. The van der Waals surface area contributed by atoms with Crippen molar-refractivity contribution in [1.82, 2.24) is 14.3 Å². The smallest absolute Gasteiger partial charge is 0.304 e. The molecule has 204 valence electrons. The molecule has 4 rings (SSSR count). The zero-order valence-electron chi connectivity index (χ0n) is 21.2. The lowest BCUT2D eigenvalue weighted by molar-refractivity contribution is -0.137. The van der Waals surface area contributed by atoms with E-state index in [1.54, 1.807) is 24.4 Å². The number of rotatable bonds is 13. The number of benzene rings is 1. The second-order valence-corrected chi connectivity index (χ2v) is 12.3. The minimum atomic E-state index is -3.94. The molecule has 1 unspecified atom stereocenters. The Balaban J connectivity index is 1.56. The molecular weight excluding hydrogens is 528 g/mol. The van der Waals surface area contributed by atoms with E-state index < -0.39 is 21.9 Å². The number of amides is 1. The highest BCUT2D eigenvalue weighted by Crippen LogP contribution is 2.36. The largest absolute Gasteiger partial charge is 0.481 e. The van der Waals surface area contributed by atoms with E-state index in [1.165, 1.54) is 30.6 Å². The average molecular weight is 561 g/mol. The number of carbonyl (C=O) groups is 2. The van der Waals surface area contributed by atoms with Gasteiger partial charge < -0.3 is 15.2 Å². The lowest BCUT2D eigenvalue weighted by Gasteiger charge is -2.23. The number of hydrogen-bond donors (Lipinski definition) is 2. The molecule has 0 saturated heterocycles. The second-order valence-electron chi connectivity index (χ2n) is 9.38. The molecule has 0 spiro atoms. The first-order chi connectivity index (χ1) is 18.3. The molecule has 0 bridgehead atoms. The number of ether oxygens (including phenoxy) is 1. The number of hydrogen-bond acceptors (Lipinski definition) is 8. The van der Waals surface area contributed by atoms with Crippen LogP contribution < -0.4 is 5.32 Å². The molecule has 1 aliphatic carbocycles. The number of aromatic nitrogens is 2. The fourth-order valence-corrected chi connectivity index (χ4v) is 7.01. The molecule has 0 radical (unpaired) electrons. The molecular formula is C26H32N4O6S2. The molecule has 2 aromatic heterocycles. The van der Waals surface area contributed by atoms with Gasteiger partial charge in [-0.1, -0.05) is 49.2 Å². The molecule has 1 amide bonds. The number of thiazole rings is 1. The van der Waals surface area contributed by atoms with Crippen molar-refractivity contribution >= 4 is 48.7 Å². The third kappa shape index (κ3) is 6.93. The van der Waals surface area contributed by atoms with Crippen molar-refractivity contribution in [1.29, 1.82) is 0 Å². The van der Waals surface area contributed by atoms with Gasteiger partial charge in [0.15, 0.2) is 5.13 Å². The van der Waals surface area contributed by atoms with Crippen molar-refractivity contribution in [3.63, 3.8) is 0 Å². The monoisotopic (exact) mass is 560 g/mol. The Morgan fingerprint density at radius 2 is 1.92 bits per heavy atom. The summed E-state index contributed by atoms with van der Waals surface area (Å²) in [6.07, 6.45) is 6.47. The Bertz CT molecular complexity index is 1320. The van der Waals surface area contributed by atoms with Gasteiger partial charge in [0, 0.05) is 26.4 Å². The first-order valence-corrected chi connectivity index (χ1v) is 14.9.